The van der Waals surface area contributed by atoms with Gasteiger partial charge in [0, 0.05) is 13.6 Å². The maximum Gasteiger partial charge on any atom is 0.235 e. The van der Waals surface area contributed by atoms with Gasteiger partial charge in [0.2, 0.25) is 5.91 Å². The predicted octanol–water partition coefficient (Wildman–Crippen LogP) is 2.27. The summed E-state index contributed by atoms with van der Waals surface area (Å²) in [6.45, 7) is 2.44. The summed E-state index contributed by atoms with van der Waals surface area (Å²) in [5.41, 5.74) is 1.61. The van der Waals surface area contributed by atoms with Crippen molar-refractivity contribution in [2.24, 2.45) is 0 Å². The van der Waals surface area contributed by atoms with Crippen molar-refractivity contribution >= 4 is 17.7 Å². The Morgan fingerprint density at radius 3 is 2.88 bits per heavy atom. The molecule has 4 heteroatoms. The maximum absolute atomic E-state index is 11.9. The van der Waals surface area contributed by atoms with E-state index in [1.54, 1.807) is 18.0 Å². The number of rotatable bonds is 4. The van der Waals surface area contributed by atoms with Crippen LogP contribution in [-0.2, 0) is 11.3 Å². The van der Waals surface area contributed by atoms with Gasteiger partial charge in [0.05, 0.1) is 16.9 Å². The molecule has 0 saturated carbocycles. The predicted molar refractivity (Wildman–Crippen MR) is 70.6 cm³/mol. The van der Waals surface area contributed by atoms with Crippen molar-refractivity contribution < 1.29 is 4.79 Å². The molecule has 0 bridgehead atoms. The summed E-state index contributed by atoms with van der Waals surface area (Å²) in [4.78, 5) is 13.6. The molecule has 0 aromatic heterocycles. The van der Waals surface area contributed by atoms with Crippen LogP contribution in [0.2, 0.25) is 0 Å². The van der Waals surface area contributed by atoms with Gasteiger partial charge < -0.3 is 4.90 Å². The van der Waals surface area contributed by atoms with Crippen molar-refractivity contribution in [2.75, 3.05) is 13.3 Å². The van der Waals surface area contributed by atoms with Crippen LogP contribution in [0, 0.1) is 11.3 Å². The summed E-state index contributed by atoms with van der Waals surface area (Å²) in [6.07, 6.45) is 1.92. The van der Waals surface area contributed by atoms with E-state index in [-0.39, 0.29) is 11.2 Å². The zero-order chi connectivity index (χ0) is 12.8. The third-order valence-corrected chi connectivity index (χ3v) is 3.46. The molecule has 0 fully saturated rings. The Bertz CT molecular complexity index is 439. The van der Waals surface area contributed by atoms with E-state index in [1.807, 2.05) is 31.4 Å². The molecule has 0 heterocycles. The van der Waals surface area contributed by atoms with Crippen LogP contribution in [0.15, 0.2) is 24.3 Å². The third-order valence-electron chi connectivity index (χ3n) is 2.55. The Morgan fingerprint density at radius 1 is 1.59 bits per heavy atom. The minimum Gasteiger partial charge on any atom is -0.340 e. The number of carbonyl (C=O) groups is 1. The van der Waals surface area contributed by atoms with Gasteiger partial charge in [-0.25, -0.2) is 0 Å². The molecule has 0 N–H and O–H groups in total. The Kier molecular flexibility index (Phi) is 5.05. The van der Waals surface area contributed by atoms with Gasteiger partial charge in [-0.05, 0) is 30.9 Å². The summed E-state index contributed by atoms with van der Waals surface area (Å²) >= 11 is 1.54. The number of nitrogens with zero attached hydrogens (tertiary/aromatic N) is 2. The number of amides is 1. The lowest BCUT2D eigenvalue weighted by atomic mass is 10.1. The smallest absolute Gasteiger partial charge is 0.235 e. The van der Waals surface area contributed by atoms with Gasteiger partial charge in [-0.1, -0.05) is 12.1 Å². The molecule has 3 nitrogen and oxygen atoms in total. The van der Waals surface area contributed by atoms with Gasteiger partial charge in [-0.2, -0.15) is 17.0 Å². The highest BCUT2D eigenvalue weighted by Crippen LogP contribution is 2.12. The summed E-state index contributed by atoms with van der Waals surface area (Å²) in [5.74, 6) is 0.111. The molecule has 1 aromatic carbocycles. The molecule has 0 radical (unpaired) electrons. The zero-order valence-electron chi connectivity index (χ0n) is 10.3. The zero-order valence-corrected chi connectivity index (χ0v) is 11.1. The van der Waals surface area contributed by atoms with Crippen LogP contribution < -0.4 is 0 Å². The second-order valence-electron chi connectivity index (χ2n) is 3.88. The molecule has 17 heavy (non-hydrogen) atoms. The third kappa shape index (κ3) is 3.79. The quantitative estimate of drug-likeness (QED) is 0.821. The van der Waals surface area contributed by atoms with Crippen LogP contribution in [0.4, 0.5) is 0 Å². The minimum atomic E-state index is -0.0286. The topological polar surface area (TPSA) is 44.1 Å². The van der Waals surface area contributed by atoms with Crippen molar-refractivity contribution in [1.82, 2.24) is 4.90 Å². The maximum atomic E-state index is 11.9. The molecule has 1 amide bonds. The van der Waals surface area contributed by atoms with Crippen LogP contribution in [0.5, 0.6) is 0 Å². The molecule has 0 aliphatic heterocycles. The lowest BCUT2D eigenvalue weighted by molar-refractivity contribution is -0.129. The first-order valence-corrected chi connectivity index (χ1v) is 6.64. The van der Waals surface area contributed by atoms with Gasteiger partial charge in [-0.15, -0.1) is 0 Å². The van der Waals surface area contributed by atoms with Crippen LogP contribution in [0.1, 0.15) is 18.1 Å². The van der Waals surface area contributed by atoms with E-state index >= 15 is 0 Å². The second kappa shape index (κ2) is 6.31. The molecule has 1 aromatic rings. The lowest BCUT2D eigenvalue weighted by Gasteiger charge is -2.20. The van der Waals surface area contributed by atoms with Gasteiger partial charge in [-0.3, -0.25) is 4.79 Å². The van der Waals surface area contributed by atoms with Crippen molar-refractivity contribution in [3.8, 4) is 6.07 Å². The Balaban J connectivity index is 2.71. The minimum absolute atomic E-state index is 0.0286. The van der Waals surface area contributed by atoms with E-state index in [0.717, 1.165) is 5.56 Å². The fourth-order valence-electron chi connectivity index (χ4n) is 1.50. The van der Waals surface area contributed by atoms with Gasteiger partial charge in [0.25, 0.3) is 0 Å². The van der Waals surface area contributed by atoms with Crippen LogP contribution in [0.3, 0.4) is 0 Å². The molecule has 0 aliphatic carbocycles. The number of benzene rings is 1. The van der Waals surface area contributed by atoms with E-state index < -0.39 is 0 Å². The number of nitriles is 1. The summed E-state index contributed by atoms with van der Waals surface area (Å²) < 4.78 is 0. The van der Waals surface area contributed by atoms with Crippen molar-refractivity contribution in [3.63, 3.8) is 0 Å². The van der Waals surface area contributed by atoms with Gasteiger partial charge in [0.1, 0.15) is 0 Å². The fraction of sp³-hybridized carbons (Fsp3) is 0.385. The first-order chi connectivity index (χ1) is 8.08. The molecular formula is C13H16N2OS. The molecule has 1 rings (SSSR count). The first-order valence-electron chi connectivity index (χ1n) is 5.35. The average molecular weight is 248 g/mol. The van der Waals surface area contributed by atoms with E-state index in [0.29, 0.717) is 12.1 Å². The number of hydrogen-bond donors (Lipinski definition) is 0. The fourth-order valence-corrected chi connectivity index (χ4v) is 1.88. The lowest BCUT2D eigenvalue weighted by Crippen LogP contribution is -2.32. The molecule has 0 spiro atoms. The summed E-state index contributed by atoms with van der Waals surface area (Å²) in [7, 11) is 1.79. The standard InChI is InChI=1S/C13H16N2OS/c1-10(17-3)13(16)15(2)9-12-6-4-5-11(7-12)8-14/h4-7,10H,9H2,1-3H3. The largest absolute Gasteiger partial charge is 0.340 e. The Morgan fingerprint density at radius 2 is 2.29 bits per heavy atom. The SMILES string of the molecule is CSC(C)C(=O)N(C)Cc1cccc(C#N)c1. The van der Waals surface area contributed by atoms with Crippen LogP contribution in [0.25, 0.3) is 0 Å². The monoisotopic (exact) mass is 248 g/mol. The Hall–Kier alpha value is -1.47. The number of hydrogen-bond acceptors (Lipinski definition) is 3. The number of carbonyl (C=O) groups excluding carboxylic acids is 1. The highest BCUT2D eigenvalue weighted by Gasteiger charge is 2.16. The summed E-state index contributed by atoms with van der Waals surface area (Å²) in [5, 5.41) is 8.77. The van der Waals surface area contributed by atoms with E-state index in [4.69, 9.17) is 5.26 Å². The van der Waals surface area contributed by atoms with Crippen molar-refractivity contribution in [2.45, 2.75) is 18.7 Å². The van der Waals surface area contributed by atoms with E-state index in [9.17, 15) is 4.79 Å². The van der Waals surface area contributed by atoms with Gasteiger partial charge >= 0.3 is 0 Å². The molecular weight excluding hydrogens is 232 g/mol. The Labute approximate surface area is 106 Å². The van der Waals surface area contributed by atoms with Crippen LogP contribution in [-0.4, -0.2) is 29.4 Å². The molecule has 0 aliphatic rings. The summed E-state index contributed by atoms with van der Waals surface area (Å²) in [6, 6.07) is 9.43. The average Bonchev–Trinajstić information content (AvgIpc) is 2.37. The second-order valence-corrected chi connectivity index (χ2v) is 5.06. The number of thioether (sulfide) groups is 1. The normalized spacial score (nSPS) is 11.6. The van der Waals surface area contributed by atoms with Crippen molar-refractivity contribution in [3.05, 3.63) is 35.4 Å². The van der Waals surface area contributed by atoms with E-state index in [1.165, 1.54) is 11.8 Å². The van der Waals surface area contributed by atoms with Crippen molar-refractivity contribution in [1.29, 1.82) is 5.26 Å². The molecule has 1 unspecified atom stereocenters. The van der Waals surface area contributed by atoms with Crippen LogP contribution >= 0.6 is 11.8 Å². The molecule has 90 valence electrons. The molecule has 1 atom stereocenters. The first kappa shape index (κ1) is 13.6. The van der Waals surface area contributed by atoms with E-state index in [2.05, 4.69) is 6.07 Å². The highest BCUT2D eigenvalue weighted by atomic mass is 32.2. The molecule has 0 saturated heterocycles. The highest BCUT2D eigenvalue weighted by molar-refractivity contribution is 7.99. The van der Waals surface area contributed by atoms with Gasteiger partial charge in [0.15, 0.2) is 0 Å².